The maximum absolute atomic E-state index is 13.4. The number of benzene rings is 3. The molecule has 2 atom stereocenters. The maximum atomic E-state index is 13.4. The summed E-state index contributed by atoms with van der Waals surface area (Å²) in [5.74, 6) is -0.110. The maximum Gasteiger partial charge on any atom is 0.410 e. The Kier molecular flexibility index (Phi) is 9.19. The molecule has 0 unspecified atom stereocenters. The lowest BCUT2D eigenvalue weighted by atomic mass is 9.91. The third kappa shape index (κ3) is 7.93. The number of nitrogens with zero attached hydrogens (tertiary/aromatic N) is 2. The molecule has 1 aliphatic rings. The first-order valence-electron chi connectivity index (χ1n) is 13.4. The third-order valence-corrected chi connectivity index (χ3v) is 6.75. The SMILES string of the molecule is CC(C)(C)OC(=O)N1CCC[C@H](N(Cc2ccccc2)Cc2ccccc2)[C@H]1CC(=O)Nc1ccccc1. The number of hydrogen-bond acceptors (Lipinski definition) is 4. The number of nitrogens with one attached hydrogen (secondary N) is 1. The first-order valence-corrected chi connectivity index (χ1v) is 13.4. The molecule has 0 aliphatic carbocycles. The molecule has 0 bridgehead atoms. The van der Waals surface area contributed by atoms with E-state index in [9.17, 15) is 9.59 Å². The van der Waals surface area contributed by atoms with Crippen LogP contribution in [-0.2, 0) is 22.6 Å². The van der Waals surface area contributed by atoms with Crippen LogP contribution < -0.4 is 5.32 Å². The lowest BCUT2D eigenvalue weighted by Gasteiger charge is -2.46. The van der Waals surface area contributed by atoms with Crippen LogP contribution >= 0.6 is 0 Å². The summed E-state index contributed by atoms with van der Waals surface area (Å²) in [7, 11) is 0. The molecule has 6 nitrogen and oxygen atoms in total. The van der Waals surface area contributed by atoms with Gasteiger partial charge in [0.05, 0.1) is 6.04 Å². The van der Waals surface area contributed by atoms with Crippen molar-refractivity contribution >= 4 is 17.7 Å². The fraction of sp³-hybridized carbons (Fsp3) is 0.375. The number of carbonyl (C=O) groups excluding carboxylic acids is 2. The molecule has 0 saturated carbocycles. The highest BCUT2D eigenvalue weighted by Gasteiger charge is 2.40. The Balaban J connectivity index is 1.64. The summed E-state index contributed by atoms with van der Waals surface area (Å²) in [6.45, 7) is 7.64. The van der Waals surface area contributed by atoms with Gasteiger partial charge in [-0.3, -0.25) is 9.69 Å². The number of hydrogen-bond donors (Lipinski definition) is 1. The predicted molar refractivity (Wildman–Crippen MR) is 152 cm³/mol. The molecule has 1 aliphatic heterocycles. The summed E-state index contributed by atoms with van der Waals surface area (Å²) in [4.78, 5) is 30.9. The van der Waals surface area contributed by atoms with E-state index in [4.69, 9.17) is 4.74 Å². The Bertz CT molecular complexity index is 1120. The summed E-state index contributed by atoms with van der Waals surface area (Å²) < 4.78 is 5.81. The van der Waals surface area contributed by atoms with Crippen molar-refractivity contribution < 1.29 is 14.3 Å². The van der Waals surface area contributed by atoms with Crippen LogP contribution in [0.25, 0.3) is 0 Å². The largest absolute Gasteiger partial charge is 0.444 e. The fourth-order valence-electron chi connectivity index (χ4n) is 5.11. The second-order valence-corrected chi connectivity index (χ2v) is 10.9. The first kappa shape index (κ1) is 27.4. The smallest absolute Gasteiger partial charge is 0.410 e. The van der Waals surface area contributed by atoms with Gasteiger partial charge in [0.2, 0.25) is 5.91 Å². The number of ether oxygens (including phenoxy) is 1. The molecule has 0 aromatic heterocycles. The zero-order valence-corrected chi connectivity index (χ0v) is 22.7. The van der Waals surface area contributed by atoms with E-state index in [0.717, 1.165) is 31.6 Å². The molecule has 6 heteroatoms. The van der Waals surface area contributed by atoms with Crippen LogP contribution in [0.4, 0.5) is 10.5 Å². The van der Waals surface area contributed by atoms with E-state index in [1.54, 1.807) is 4.90 Å². The van der Waals surface area contributed by atoms with E-state index in [-0.39, 0.29) is 30.5 Å². The minimum absolute atomic E-state index is 0.0156. The van der Waals surface area contributed by atoms with Crippen molar-refractivity contribution in [2.75, 3.05) is 11.9 Å². The first-order chi connectivity index (χ1) is 18.3. The van der Waals surface area contributed by atoms with Crippen molar-refractivity contribution in [2.45, 2.75) is 70.8 Å². The van der Waals surface area contributed by atoms with E-state index in [1.165, 1.54) is 11.1 Å². The van der Waals surface area contributed by atoms with Gasteiger partial charge < -0.3 is 15.0 Å². The molecular formula is C32H39N3O3. The van der Waals surface area contributed by atoms with Crippen LogP contribution in [0, 0.1) is 0 Å². The zero-order chi connectivity index (χ0) is 27.0. The van der Waals surface area contributed by atoms with Gasteiger partial charge in [-0.25, -0.2) is 4.79 Å². The van der Waals surface area contributed by atoms with Crippen LogP contribution in [0.1, 0.15) is 51.2 Å². The van der Waals surface area contributed by atoms with Gasteiger partial charge in [0, 0.05) is 37.8 Å². The number of likely N-dealkylation sites (tertiary alicyclic amines) is 1. The van der Waals surface area contributed by atoms with Crippen molar-refractivity contribution in [2.24, 2.45) is 0 Å². The van der Waals surface area contributed by atoms with Crippen molar-refractivity contribution in [3.8, 4) is 0 Å². The second kappa shape index (κ2) is 12.7. The Morgan fingerprint density at radius 3 is 1.92 bits per heavy atom. The van der Waals surface area contributed by atoms with Crippen LogP contribution in [0.5, 0.6) is 0 Å². The molecule has 1 N–H and O–H groups in total. The minimum Gasteiger partial charge on any atom is -0.444 e. The molecule has 2 amide bonds. The van der Waals surface area contributed by atoms with Crippen molar-refractivity contribution in [1.29, 1.82) is 0 Å². The van der Waals surface area contributed by atoms with Gasteiger partial charge in [0.25, 0.3) is 0 Å². The molecule has 0 radical (unpaired) electrons. The van der Waals surface area contributed by atoms with Crippen molar-refractivity contribution in [3.05, 3.63) is 102 Å². The monoisotopic (exact) mass is 513 g/mol. The van der Waals surface area contributed by atoms with Gasteiger partial charge in [-0.2, -0.15) is 0 Å². The summed E-state index contributed by atoms with van der Waals surface area (Å²) in [5.41, 5.74) is 2.53. The van der Waals surface area contributed by atoms with E-state index >= 15 is 0 Å². The van der Waals surface area contributed by atoms with Crippen LogP contribution in [0.15, 0.2) is 91.0 Å². The summed E-state index contributed by atoms with van der Waals surface area (Å²) in [5, 5.41) is 3.02. The number of rotatable bonds is 8. The molecule has 38 heavy (non-hydrogen) atoms. The minimum atomic E-state index is -0.616. The molecule has 0 spiro atoms. The van der Waals surface area contributed by atoms with Crippen LogP contribution in [0.3, 0.4) is 0 Å². The second-order valence-electron chi connectivity index (χ2n) is 10.9. The Morgan fingerprint density at radius 1 is 0.868 bits per heavy atom. The summed E-state index contributed by atoms with van der Waals surface area (Å²) in [6, 6.07) is 29.9. The zero-order valence-electron chi connectivity index (χ0n) is 22.7. The van der Waals surface area contributed by atoms with Gasteiger partial charge in [-0.1, -0.05) is 78.9 Å². The quantitative estimate of drug-likeness (QED) is 0.374. The van der Waals surface area contributed by atoms with Gasteiger partial charge >= 0.3 is 6.09 Å². The molecule has 200 valence electrons. The predicted octanol–water partition coefficient (Wildman–Crippen LogP) is 6.49. The van der Waals surface area contributed by atoms with Crippen LogP contribution in [0.2, 0.25) is 0 Å². The molecule has 3 aromatic rings. The summed E-state index contributed by atoms with van der Waals surface area (Å²) >= 11 is 0. The number of carbonyl (C=O) groups is 2. The van der Waals surface area contributed by atoms with E-state index in [2.05, 4.69) is 58.7 Å². The average molecular weight is 514 g/mol. The third-order valence-electron chi connectivity index (χ3n) is 6.75. The van der Waals surface area contributed by atoms with Gasteiger partial charge in [0.15, 0.2) is 0 Å². The molecular weight excluding hydrogens is 474 g/mol. The number of piperidine rings is 1. The van der Waals surface area contributed by atoms with E-state index in [0.29, 0.717) is 6.54 Å². The molecule has 4 rings (SSSR count). The average Bonchev–Trinajstić information content (AvgIpc) is 2.89. The highest BCUT2D eigenvalue weighted by Crippen LogP contribution is 2.30. The van der Waals surface area contributed by atoms with E-state index in [1.807, 2.05) is 63.2 Å². The highest BCUT2D eigenvalue weighted by atomic mass is 16.6. The fourth-order valence-corrected chi connectivity index (χ4v) is 5.11. The van der Waals surface area contributed by atoms with Crippen molar-refractivity contribution in [1.82, 2.24) is 9.80 Å². The van der Waals surface area contributed by atoms with E-state index < -0.39 is 5.60 Å². The molecule has 1 heterocycles. The topological polar surface area (TPSA) is 61.9 Å². The van der Waals surface area contributed by atoms with Gasteiger partial charge in [-0.05, 0) is 56.9 Å². The molecule has 1 fully saturated rings. The lowest BCUT2D eigenvalue weighted by molar-refractivity contribution is -0.118. The number of para-hydroxylation sites is 1. The summed E-state index contributed by atoms with van der Waals surface area (Å²) in [6.07, 6.45) is 1.57. The van der Waals surface area contributed by atoms with Gasteiger partial charge in [-0.15, -0.1) is 0 Å². The Morgan fingerprint density at radius 2 is 1.39 bits per heavy atom. The normalized spacial score (nSPS) is 17.7. The Labute approximate surface area is 226 Å². The molecule has 3 aromatic carbocycles. The van der Waals surface area contributed by atoms with Crippen molar-refractivity contribution in [3.63, 3.8) is 0 Å². The Hall–Kier alpha value is -3.64. The molecule has 1 saturated heterocycles. The highest BCUT2D eigenvalue weighted by molar-refractivity contribution is 5.91. The van der Waals surface area contributed by atoms with Gasteiger partial charge in [0.1, 0.15) is 5.60 Å². The number of amides is 2. The van der Waals surface area contributed by atoms with Crippen LogP contribution in [-0.4, -0.2) is 46.0 Å². The standard InChI is InChI=1S/C32H39N3O3/c1-32(2,3)38-31(37)35-21-13-20-28(29(35)22-30(36)33-27-18-11-6-12-19-27)34(23-25-14-7-4-8-15-25)24-26-16-9-5-10-17-26/h4-12,14-19,28-29H,13,20-24H2,1-3H3,(H,33,36)/t28-,29+/m0/s1. The number of anilines is 1. The lowest BCUT2D eigenvalue weighted by Crippen LogP contribution is -2.58.